The van der Waals surface area contributed by atoms with Crippen LogP contribution in [-0.4, -0.2) is 82.3 Å². The Morgan fingerprint density at radius 2 is 1.81 bits per heavy atom. The van der Waals surface area contributed by atoms with E-state index in [2.05, 4.69) is 10.6 Å². The fourth-order valence-electron chi connectivity index (χ4n) is 4.03. The third-order valence-electron chi connectivity index (χ3n) is 6.00. The first kappa shape index (κ1) is 29.1. The summed E-state index contributed by atoms with van der Waals surface area (Å²) in [5.74, 6) is -2.75. The number of nitrogens with one attached hydrogen (secondary N) is 2. The van der Waals surface area contributed by atoms with Crippen LogP contribution < -0.4 is 22.1 Å². The maximum Gasteiger partial charge on any atom is 0.326 e. The maximum atomic E-state index is 13.1. The molecule has 1 aromatic carbocycles. The molecular formula is C24H35N5O6S. The lowest BCUT2D eigenvalue weighted by molar-refractivity contribution is -0.143. The highest BCUT2D eigenvalue weighted by molar-refractivity contribution is 7.98. The zero-order valence-corrected chi connectivity index (χ0v) is 21.2. The van der Waals surface area contributed by atoms with Crippen LogP contribution in [0.5, 0.6) is 0 Å². The van der Waals surface area contributed by atoms with E-state index in [1.807, 2.05) is 12.3 Å². The molecule has 4 unspecified atom stereocenters. The molecule has 1 heterocycles. The molecule has 0 aromatic heterocycles. The second kappa shape index (κ2) is 14.4. The van der Waals surface area contributed by atoms with Crippen LogP contribution in [0.3, 0.4) is 0 Å². The molecule has 7 N–H and O–H groups in total. The second-order valence-electron chi connectivity index (χ2n) is 8.73. The Balaban J connectivity index is 2.07. The molecule has 4 amide bonds. The minimum absolute atomic E-state index is 0.0394. The van der Waals surface area contributed by atoms with Gasteiger partial charge in [0.1, 0.15) is 18.1 Å². The molecule has 12 heteroatoms. The zero-order chi connectivity index (χ0) is 26.7. The van der Waals surface area contributed by atoms with Gasteiger partial charge in [0, 0.05) is 19.4 Å². The van der Waals surface area contributed by atoms with Crippen molar-refractivity contribution in [2.24, 2.45) is 11.5 Å². The Labute approximate surface area is 214 Å². The van der Waals surface area contributed by atoms with E-state index in [-0.39, 0.29) is 25.7 Å². The number of carboxylic acid groups (broad SMARTS) is 1. The first-order valence-electron chi connectivity index (χ1n) is 11.8. The van der Waals surface area contributed by atoms with Gasteiger partial charge in [-0.25, -0.2) is 4.79 Å². The van der Waals surface area contributed by atoms with E-state index in [1.165, 1.54) is 16.7 Å². The Bertz CT molecular complexity index is 931. The standard InChI is InChI=1S/C24H35N5O6S/c1-36-13-11-17(21(31)28-18(24(34)35)14-15-6-3-2-4-7-15)27-22(32)19-8-5-12-29(19)23(33)16(25)9-10-20(26)30/h2-4,6-7,16-19H,5,8-14,25H2,1H3,(H2,26,30)(H,27,32)(H,28,31)(H,34,35). The van der Waals surface area contributed by atoms with Crippen LogP contribution in [0, 0.1) is 0 Å². The number of carboxylic acids is 1. The smallest absolute Gasteiger partial charge is 0.326 e. The average Bonchev–Trinajstić information content (AvgIpc) is 3.34. The Morgan fingerprint density at radius 3 is 2.42 bits per heavy atom. The van der Waals surface area contributed by atoms with Gasteiger partial charge in [-0.15, -0.1) is 0 Å². The van der Waals surface area contributed by atoms with Crippen molar-refractivity contribution in [3.8, 4) is 0 Å². The molecule has 0 saturated carbocycles. The van der Waals surface area contributed by atoms with Crippen molar-refractivity contribution in [2.75, 3.05) is 18.6 Å². The summed E-state index contributed by atoms with van der Waals surface area (Å²) in [6.07, 6.45) is 3.28. The molecule has 1 aromatic rings. The molecule has 2 rings (SSSR count). The summed E-state index contributed by atoms with van der Waals surface area (Å²) < 4.78 is 0. The molecule has 4 atom stereocenters. The first-order valence-corrected chi connectivity index (χ1v) is 13.2. The van der Waals surface area contributed by atoms with Gasteiger partial charge in [-0.1, -0.05) is 30.3 Å². The lowest BCUT2D eigenvalue weighted by atomic mass is 10.0. The first-order chi connectivity index (χ1) is 17.1. The summed E-state index contributed by atoms with van der Waals surface area (Å²) in [6, 6.07) is 5.03. The van der Waals surface area contributed by atoms with Crippen LogP contribution in [0.2, 0.25) is 0 Å². The number of rotatable bonds is 14. The fraction of sp³-hybridized carbons (Fsp3) is 0.542. The van der Waals surface area contributed by atoms with E-state index < -0.39 is 53.8 Å². The highest BCUT2D eigenvalue weighted by atomic mass is 32.2. The predicted molar refractivity (Wildman–Crippen MR) is 136 cm³/mol. The van der Waals surface area contributed by atoms with E-state index in [9.17, 15) is 29.1 Å². The van der Waals surface area contributed by atoms with Gasteiger partial charge in [-0.05, 0) is 43.3 Å². The number of carbonyl (C=O) groups excluding carboxylic acids is 4. The Hall–Kier alpha value is -3.12. The van der Waals surface area contributed by atoms with Crippen molar-refractivity contribution in [3.63, 3.8) is 0 Å². The minimum atomic E-state index is -1.18. The summed E-state index contributed by atoms with van der Waals surface area (Å²) in [6.45, 7) is 0.334. The highest BCUT2D eigenvalue weighted by Gasteiger charge is 2.37. The van der Waals surface area contributed by atoms with E-state index in [0.717, 1.165) is 5.56 Å². The quantitative estimate of drug-likeness (QED) is 0.219. The minimum Gasteiger partial charge on any atom is -0.480 e. The lowest BCUT2D eigenvalue weighted by Crippen LogP contribution is -2.57. The number of hydrogen-bond acceptors (Lipinski definition) is 7. The summed E-state index contributed by atoms with van der Waals surface area (Å²) in [5, 5.41) is 14.9. The van der Waals surface area contributed by atoms with Gasteiger partial charge < -0.3 is 32.1 Å². The second-order valence-corrected chi connectivity index (χ2v) is 9.72. The molecule has 198 valence electrons. The van der Waals surface area contributed by atoms with Crippen LogP contribution in [0.15, 0.2) is 30.3 Å². The van der Waals surface area contributed by atoms with Gasteiger partial charge in [0.15, 0.2) is 0 Å². The van der Waals surface area contributed by atoms with Crippen LogP contribution >= 0.6 is 11.8 Å². The molecule has 1 saturated heterocycles. The van der Waals surface area contributed by atoms with Crippen molar-refractivity contribution < 1.29 is 29.1 Å². The molecule has 0 radical (unpaired) electrons. The average molecular weight is 522 g/mol. The van der Waals surface area contributed by atoms with Crippen molar-refractivity contribution >= 4 is 41.4 Å². The number of hydrogen-bond donors (Lipinski definition) is 5. The SMILES string of the molecule is CSCCC(NC(=O)C1CCCN1C(=O)C(N)CCC(N)=O)C(=O)NC(Cc1ccccc1)C(=O)O. The summed E-state index contributed by atoms with van der Waals surface area (Å²) in [4.78, 5) is 63.1. The van der Waals surface area contributed by atoms with Gasteiger partial charge in [-0.3, -0.25) is 19.2 Å². The number of thioether (sulfide) groups is 1. The van der Waals surface area contributed by atoms with Gasteiger partial charge in [0.25, 0.3) is 0 Å². The van der Waals surface area contributed by atoms with Crippen molar-refractivity contribution in [3.05, 3.63) is 35.9 Å². The Kier molecular flexibility index (Phi) is 11.7. The van der Waals surface area contributed by atoms with Crippen molar-refractivity contribution in [1.82, 2.24) is 15.5 Å². The number of carbonyl (C=O) groups is 5. The van der Waals surface area contributed by atoms with Gasteiger partial charge >= 0.3 is 5.97 Å². The van der Waals surface area contributed by atoms with Gasteiger partial charge in [0.2, 0.25) is 23.6 Å². The lowest BCUT2D eigenvalue weighted by Gasteiger charge is -2.28. The zero-order valence-electron chi connectivity index (χ0n) is 20.4. The number of aliphatic carboxylic acids is 1. The summed E-state index contributed by atoms with van der Waals surface area (Å²) >= 11 is 1.49. The van der Waals surface area contributed by atoms with E-state index >= 15 is 0 Å². The highest BCUT2D eigenvalue weighted by Crippen LogP contribution is 2.20. The monoisotopic (exact) mass is 521 g/mol. The number of nitrogens with zero attached hydrogens (tertiary/aromatic N) is 1. The molecule has 0 spiro atoms. The van der Waals surface area contributed by atoms with Crippen molar-refractivity contribution in [2.45, 2.75) is 62.7 Å². The largest absolute Gasteiger partial charge is 0.480 e. The normalized spacial score (nSPS) is 17.6. The molecule has 36 heavy (non-hydrogen) atoms. The summed E-state index contributed by atoms with van der Waals surface area (Å²) in [7, 11) is 0. The predicted octanol–water partition coefficient (Wildman–Crippen LogP) is -0.380. The number of primary amides is 1. The third-order valence-corrected chi connectivity index (χ3v) is 6.64. The molecule has 11 nitrogen and oxygen atoms in total. The molecule has 0 bridgehead atoms. The fourth-order valence-corrected chi connectivity index (χ4v) is 4.50. The number of benzene rings is 1. The molecular weight excluding hydrogens is 486 g/mol. The van der Waals surface area contributed by atoms with Crippen LogP contribution in [0.4, 0.5) is 0 Å². The van der Waals surface area contributed by atoms with E-state index in [1.54, 1.807) is 24.3 Å². The van der Waals surface area contributed by atoms with E-state index in [4.69, 9.17) is 11.5 Å². The number of amides is 4. The van der Waals surface area contributed by atoms with Crippen molar-refractivity contribution in [1.29, 1.82) is 0 Å². The summed E-state index contributed by atoms with van der Waals surface area (Å²) in [5.41, 5.74) is 11.8. The van der Waals surface area contributed by atoms with E-state index in [0.29, 0.717) is 25.1 Å². The molecule has 1 fully saturated rings. The maximum absolute atomic E-state index is 13.1. The third kappa shape index (κ3) is 8.83. The van der Waals surface area contributed by atoms with Crippen LogP contribution in [0.25, 0.3) is 0 Å². The molecule has 1 aliphatic heterocycles. The molecule has 0 aliphatic carbocycles. The van der Waals surface area contributed by atoms with Crippen LogP contribution in [0.1, 0.15) is 37.7 Å². The molecule has 1 aliphatic rings. The van der Waals surface area contributed by atoms with Gasteiger partial charge in [-0.2, -0.15) is 11.8 Å². The Morgan fingerprint density at radius 1 is 1.11 bits per heavy atom. The van der Waals surface area contributed by atoms with Crippen LogP contribution in [-0.2, 0) is 30.4 Å². The number of nitrogens with two attached hydrogens (primary N) is 2. The topological polar surface area (TPSA) is 185 Å². The van der Waals surface area contributed by atoms with Gasteiger partial charge in [0.05, 0.1) is 6.04 Å². The number of likely N-dealkylation sites (tertiary alicyclic amines) is 1.